The van der Waals surface area contributed by atoms with Gasteiger partial charge in [-0.3, -0.25) is 9.69 Å². The summed E-state index contributed by atoms with van der Waals surface area (Å²) in [6.45, 7) is -1.52. The topological polar surface area (TPSA) is 104 Å². The number of ether oxygens (including phenoxy) is 1. The number of carboxylic acid groups (broad SMARTS) is 1. The van der Waals surface area contributed by atoms with Crippen molar-refractivity contribution >= 4 is 29.1 Å². The first-order valence-corrected chi connectivity index (χ1v) is 10.7. The summed E-state index contributed by atoms with van der Waals surface area (Å²) < 4.78 is 58.0. The molecule has 1 aromatic carbocycles. The number of aliphatic imine (C=N–C) groups is 1. The zero-order valence-electron chi connectivity index (χ0n) is 18.0. The molecule has 0 bridgehead atoms. The number of aliphatic carboxylic acids is 1. The van der Waals surface area contributed by atoms with Crippen molar-refractivity contribution in [3.05, 3.63) is 63.5 Å². The number of methoxy groups -OCH3 is 1. The van der Waals surface area contributed by atoms with Gasteiger partial charge in [-0.05, 0) is 24.6 Å². The predicted molar refractivity (Wildman–Crippen MR) is 115 cm³/mol. The number of carbonyl (C=O) groups excluding carboxylic acids is 1. The van der Waals surface area contributed by atoms with Gasteiger partial charge in [0.25, 0.3) is 0 Å². The molecule has 13 heteroatoms. The third-order valence-electron chi connectivity index (χ3n) is 4.97. The van der Waals surface area contributed by atoms with Crippen LogP contribution in [0.15, 0.2) is 52.1 Å². The maximum absolute atomic E-state index is 13.6. The van der Waals surface area contributed by atoms with Crippen LogP contribution in [0.25, 0.3) is 0 Å². The smallest absolute Gasteiger partial charge is 0.401 e. The van der Waals surface area contributed by atoms with E-state index in [-0.39, 0.29) is 17.1 Å². The minimum Gasteiger partial charge on any atom is -0.480 e. The van der Waals surface area contributed by atoms with E-state index in [2.05, 4.69) is 15.3 Å². The van der Waals surface area contributed by atoms with Crippen LogP contribution in [0.2, 0.25) is 0 Å². The molecule has 0 saturated heterocycles. The molecule has 1 aliphatic rings. The van der Waals surface area contributed by atoms with Crippen molar-refractivity contribution < 1.29 is 37.0 Å². The zero-order valence-corrected chi connectivity index (χ0v) is 18.8. The van der Waals surface area contributed by atoms with Gasteiger partial charge in [-0.2, -0.15) is 13.2 Å². The molecule has 0 unspecified atom stereocenters. The Morgan fingerprint density at radius 1 is 1.26 bits per heavy atom. The Bertz CT molecular complexity index is 1120. The van der Waals surface area contributed by atoms with Gasteiger partial charge >= 0.3 is 18.1 Å². The van der Waals surface area contributed by atoms with Gasteiger partial charge in [-0.1, -0.05) is 12.1 Å². The van der Waals surface area contributed by atoms with Gasteiger partial charge in [0.2, 0.25) is 0 Å². The maximum atomic E-state index is 13.6. The number of rotatable bonds is 8. The molecule has 0 spiro atoms. The number of nitrogens with zero attached hydrogens (tertiary/aromatic N) is 3. The van der Waals surface area contributed by atoms with Crippen molar-refractivity contribution in [2.45, 2.75) is 18.6 Å². The Hall–Kier alpha value is -3.32. The van der Waals surface area contributed by atoms with Gasteiger partial charge in [-0.25, -0.2) is 19.2 Å². The quantitative estimate of drug-likeness (QED) is 0.424. The summed E-state index contributed by atoms with van der Waals surface area (Å²) in [4.78, 5) is 33.5. The highest BCUT2D eigenvalue weighted by molar-refractivity contribution is 7.11. The number of hydrogen-bond donors (Lipinski definition) is 2. The van der Waals surface area contributed by atoms with Crippen LogP contribution in [0, 0.1) is 5.82 Å². The highest BCUT2D eigenvalue weighted by Gasteiger charge is 2.43. The van der Waals surface area contributed by atoms with E-state index in [1.165, 1.54) is 36.6 Å². The zero-order chi connectivity index (χ0) is 25.1. The van der Waals surface area contributed by atoms with E-state index in [9.17, 15) is 27.2 Å². The molecule has 8 nitrogen and oxygen atoms in total. The van der Waals surface area contributed by atoms with Crippen molar-refractivity contribution in [2.75, 3.05) is 26.7 Å². The molecule has 0 fully saturated rings. The first kappa shape index (κ1) is 25.3. The minimum absolute atomic E-state index is 0.0376. The number of carboxylic acids is 1. The number of thiazole rings is 1. The first-order valence-electron chi connectivity index (χ1n) is 9.78. The summed E-state index contributed by atoms with van der Waals surface area (Å²) in [6.07, 6.45) is -3.19. The molecule has 2 heterocycles. The molecule has 1 aromatic heterocycles. The first-order chi connectivity index (χ1) is 15.9. The van der Waals surface area contributed by atoms with Crippen LogP contribution in [0.5, 0.6) is 0 Å². The molecule has 34 heavy (non-hydrogen) atoms. The number of halogens is 4. The second-order valence-electron chi connectivity index (χ2n) is 7.50. The van der Waals surface area contributed by atoms with Gasteiger partial charge < -0.3 is 15.2 Å². The van der Waals surface area contributed by atoms with Crippen LogP contribution in [0.4, 0.5) is 17.6 Å². The van der Waals surface area contributed by atoms with E-state index >= 15 is 0 Å². The SMILES string of the molecule is COC(=O)C1=C(CN(CC(=O)O)CC(F)(F)F)NC(c2nccs2)=N[C@@]1(C)c1ccc(F)cc1. The Morgan fingerprint density at radius 3 is 2.47 bits per heavy atom. The Kier molecular flexibility index (Phi) is 7.36. The molecule has 0 saturated carbocycles. The van der Waals surface area contributed by atoms with Crippen LogP contribution in [0.1, 0.15) is 17.5 Å². The van der Waals surface area contributed by atoms with Crippen LogP contribution in [-0.4, -0.2) is 65.7 Å². The van der Waals surface area contributed by atoms with Crippen molar-refractivity contribution in [2.24, 2.45) is 4.99 Å². The second-order valence-corrected chi connectivity index (χ2v) is 8.40. The van der Waals surface area contributed by atoms with Crippen LogP contribution >= 0.6 is 11.3 Å². The van der Waals surface area contributed by atoms with E-state index in [1.54, 1.807) is 5.38 Å². The van der Waals surface area contributed by atoms with Crippen molar-refractivity contribution in [1.29, 1.82) is 0 Å². The third-order valence-corrected chi connectivity index (χ3v) is 5.75. The largest absolute Gasteiger partial charge is 0.480 e. The summed E-state index contributed by atoms with van der Waals surface area (Å²) in [6, 6.07) is 5.12. The normalized spacial score (nSPS) is 18.5. The molecule has 182 valence electrons. The van der Waals surface area contributed by atoms with Gasteiger partial charge in [-0.15, -0.1) is 11.3 Å². The molecule has 1 atom stereocenters. The number of carbonyl (C=O) groups is 2. The number of esters is 1. The van der Waals surface area contributed by atoms with Gasteiger partial charge in [0.05, 0.1) is 25.8 Å². The van der Waals surface area contributed by atoms with E-state index in [4.69, 9.17) is 9.84 Å². The van der Waals surface area contributed by atoms with Crippen LogP contribution < -0.4 is 5.32 Å². The molecule has 1 aliphatic heterocycles. The van der Waals surface area contributed by atoms with Crippen molar-refractivity contribution in [1.82, 2.24) is 15.2 Å². The van der Waals surface area contributed by atoms with E-state index in [0.29, 0.717) is 15.5 Å². The van der Waals surface area contributed by atoms with Gasteiger partial charge in [0.15, 0.2) is 10.8 Å². The lowest BCUT2D eigenvalue weighted by Crippen LogP contribution is -2.47. The molecule has 0 radical (unpaired) electrons. The Morgan fingerprint density at radius 2 is 1.94 bits per heavy atom. The Labute approximate surface area is 195 Å². The molecular formula is C21H20F4N4O4S. The highest BCUT2D eigenvalue weighted by atomic mass is 32.1. The number of aromatic nitrogens is 1. The second kappa shape index (κ2) is 9.89. The van der Waals surface area contributed by atoms with E-state index in [1.807, 2.05) is 0 Å². The molecule has 0 aliphatic carbocycles. The number of nitrogens with one attached hydrogen (secondary N) is 1. The fourth-order valence-corrected chi connectivity index (χ4v) is 4.19. The fraction of sp³-hybridized carbons (Fsp3) is 0.333. The van der Waals surface area contributed by atoms with Gasteiger partial charge in [0.1, 0.15) is 11.4 Å². The van der Waals surface area contributed by atoms with Gasteiger partial charge in [0, 0.05) is 23.8 Å². The Balaban J connectivity index is 2.19. The lowest BCUT2D eigenvalue weighted by molar-refractivity contribution is -0.153. The van der Waals surface area contributed by atoms with Crippen LogP contribution in [-0.2, 0) is 19.9 Å². The molecule has 0 amide bonds. The average Bonchev–Trinajstić information content (AvgIpc) is 3.26. The number of amidine groups is 1. The lowest BCUT2D eigenvalue weighted by atomic mass is 9.82. The summed E-state index contributed by atoms with van der Waals surface area (Å²) in [5.74, 6) is -2.74. The van der Waals surface area contributed by atoms with Crippen LogP contribution in [0.3, 0.4) is 0 Å². The number of hydrogen-bond acceptors (Lipinski definition) is 8. The van der Waals surface area contributed by atoms with Crippen molar-refractivity contribution in [3.8, 4) is 0 Å². The summed E-state index contributed by atoms with van der Waals surface area (Å²) >= 11 is 1.19. The molecule has 2 aromatic rings. The molecular weight excluding hydrogens is 480 g/mol. The van der Waals surface area contributed by atoms with E-state index < -0.39 is 49.1 Å². The summed E-state index contributed by atoms with van der Waals surface area (Å²) in [5, 5.41) is 14.0. The average molecular weight is 500 g/mol. The lowest BCUT2D eigenvalue weighted by Gasteiger charge is -2.36. The number of alkyl halides is 3. The summed E-state index contributed by atoms with van der Waals surface area (Å²) in [7, 11) is 1.10. The molecule has 3 rings (SSSR count). The minimum atomic E-state index is -4.69. The third kappa shape index (κ3) is 5.78. The van der Waals surface area contributed by atoms with Crippen molar-refractivity contribution in [3.63, 3.8) is 0 Å². The highest BCUT2D eigenvalue weighted by Crippen LogP contribution is 2.39. The standard InChI is InChI=1S/C21H20F4N4O4S/c1-20(12-3-5-13(22)6-4-12)16(19(32)33-2)14(27-17(28-20)18-26-7-8-34-18)9-29(10-15(30)31)11-21(23,24)25/h3-8H,9-11H2,1-2H3,(H,27,28)(H,30,31)/t20-/m0/s1. The summed E-state index contributed by atoms with van der Waals surface area (Å²) in [5.41, 5.74) is -1.32. The monoisotopic (exact) mass is 500 g/mol. The fourth-order valence-electron chi connectivity index (χ4n) is 3.61. The maximum Gasteiger partial charge on any atom is 0.401 e. The molecule has 2 N–H and O–H groups in total. The van der Waals surface area contributed by atoms with E-state index in [0.717, 1.165) is 19.2 Å². The predicted octanol–water partition coefficient (Wildman–Crippen LogP) is 2.92. The number of benzene rings is 1.